The molecule has 36 heavy (non-hydrogen) atoms. The Morgan fingerprint density at radius 3 is 2.75 bits per heavy atom. The van der Waals surface area contributed by atoms with Crippen LogP contribution in [-0.4, -0.2) is 37.5 Å². The topological polar surface area (TPSA) is 70.7 Å². The van der Waals surface area contributed by atoms with Crippen LogP contribution in [0, 0.1) is 5.41 Å². The molecule has 2 aromatic rings. The van der Waals surface area contributed by atoms with Crippen molar-refractivity contribution in [3.05, 3.63) is 69.3 Å². The van der Waals surface area contributed by atoms with Gasteiger partial charge in [0.25, 0.3) is 0 Å². The van der Waals surface area contributed by atoms with Gasteiger partial charge in [0.2, 0.25) is 5.91 Å². The van der Waals surface area contributed by atoms with Gasteiger partial charge < -0.3 is 20.3 Å². The molecule has 2 unspecified atom stereocenters. The molecule has 0 aromatic heterocycles. The molecular formula is C28H31Cl2N3O3. The third kappa shape index (κ3) is 5.13. The molecule has 2 heterocycles. The summed E-state index contributed by atoms with van der Waals surface area (Å²) < 4.78 is 5.67. The Hall–Kier alpha value is -2.54. The van der Waals surface area contributed by atoms with Gasteiger partial charge in [-0.1, -0.05) is 55.2 Å². The van der Waals surface area contributed by atoms with Gasteiger partial charge >= 0.3 is 0 Å². The van der Waals surface area contributed by atoms with Gasteiger partial charge in [-0.25, -0.2) is 0 Å². The summed E-state index contributed by atoms with van der Waals surface area (Å²) >= 11 is 13.0. The van der Waals surface area contributed by atoms with Crippen molar-refractivity contribution in [2.75, 3.05) is 29.9 Å². The number of nitrogens with zero attached hydrogens (tertiary/aromatic N) is 1. The minimum absolute atomic E-state index is 0.0463. The Morgan fingerprint density at radius 2 is 2.00 bits per heavy atom. The van der Waals surface area contributed by atoms with E-state index in [1.165, 1.54) is 0 Å². The van der Waals surface area contributed by atoms with Crippen molar-refractivity contribution >= 4 is 46.3 Å². The quantitative estimate of drug-likeness (QED) is 0.506. The number of allylic oxidation sites excluding steroid dienone is 1. The second kappa shape index (κ2) is 10.1. The molecule has 0 radical (unpaired) electrons. The standard InChI is InChI=1S/C28H31Cl2N3O3/c1-28(2)13-22-26(24(34)14-28)27(19-10-9-17(29)12-20(19)30)33(23-8-4-3-7-21(23)32-22)16-25(35)31-15-18-6-5-11-36-18/h3-4,7-10,12,18,27,32H,5-6,11,13-16H2,1-2H3,(H,31,35). The Labute approximate surface area is 222 Å². The molecule has 1 amide bonds. The van der Waals surface area contributed by atoms with Crippen molar-refractivity contribution in [2.45, 2.75) is 51.7 Å². The molecule has 8 heteroatoms. The molecule has 5 rings (SSSR count). The molecule has 0 bridgehead atoms. The van der Waals surface area contributed by atoms with Crippen LogP contribution in [-0.2, 0) is 14.3 Å². The van der Waals surface area contributed by atoms with Crippen molar-refractivity contribution in [2.24, 2.45) is 5.41 Å². The van der Waals surface area contributed by atoms with E-state index in [-0.39, 0.29) is 29.8 Å². The summed E-state index contributed by atoms with van der Waals surface area (Å²) in [5.74, 6) is -0.0784. The SMILES string of the molecule is CC1(C)CC(=O)C2=C(C1)Nc1ccccc1N(CC(=O)NCC1CCCO1)C2c1ccc(Cl)cc1Cl. The fourth-order valence-electron chi connectivity index (χ4n) is 5.52. The van der Waals surface area contributed by atoms with E-state index >= 15 is 0 Å². The van der Waals surface area contributed by atoms with Crippen LogP contribution in [0.4, 0.5) is 11.4 Å². The van der Waals surface area contributed by atoms with E-state index < -0.39 is 6.04 Å². The smallest absolute Gasteiger partial charge is 0.239 e. The number of Topliss-reactive ketones (excluding diaryl/α,β-unsaturated/α-hetero) is 1. The number of rotatable bonds is 5. The van der Waals surface area contributed by atoms with Crippen LogP contribution in [0.3, 0.4) is 0 Å². The third-order valence-electron chi connectivity index (χ3n) is 7.13. The highest BCUT2D eigenvalue weighted by atomic mass is 35.5. The number of nitrogens with one attached hydrogen (secondary N) is 2. The maximum Gasteiger partial charge on any atom is 0.239 e. The average molecular weight is 528 g/mol. The second-order valence-electron chi connectivity index (χ2n) is 10.6. The number of ketones is 1. The summed E-state index contributed by atoms with van der Waals surface area (Å²) in [6.07, 6.45) is 3.14. The maximum atomic E-state index is 13.7. The van der Waals surface area contributed by atoms with Crippen molar-refractivity contribution in [1.29, 1.82) is 0 Å². The van der Waals surface area contributed by atoms with Crippen LogP contribution >= 0.6 is 23.2 Å². The number of hydrogen-bond donors (Lipinski definition) is 2. The average Bonchev–Trinajstić information content (AvgIpc) is 3.29. The number of carbonyl (C=O) groups excluding carboxylic acids is 2. The number of para-hydroxylation sites is 2. The number of fused-ring (bicyclic) bond motifs is 1. The molecule has 2 aliphatic heterocycles. The number of halogens is 2. The second-order valence-corrected chi connectivity index (χ2v) is 11.5. The monoisotopic (exact) mass is 527 g/mol. The Bertz CT molecular complexity index is 1220. The zero-order valence-electron chi connectivity index (χ0n) is 20.6. The molecule has 1 saturated heterocycles. The molecule has 190 valence electrons. The number of hydrogen-bond acceptors (Lipinski definition) is 5. The van der Waals surface area contributed by atoms with Gasteiger partial charge in [0.15, 0.2) is 5.78 Å². The minimum Gasteiger partial charge on any atom is -0.376 e. The lowest BCUT2D eigenvalue weighted by molar-refractivity contribution is -0.121. The molecular weight excluding hydrogens is 497 g/mol. The number of benzene rings is 2. The molecule has 0 saturated carbocycles. The lowest BCUT2D eigenvalue weighted by Crippen LogP contribution is -2.43. The van der Waals surface area contributed by atoms with Gasteiger partial charge in [-0.3, -0.25) is 9.59 Å². The molecule has 0 spiro atoms. The van der Waals surface area contributed by atoms with Crippen LogP contribution in [0.25, 0.3) is 0 Å². The van der Waals surface area contributed by atoms with E-state index in [9.17, 15) is 9.59 Å². The number of amides is 1. The predicted octanol–water partition coefficient (Wildman–Crippen LogP) is 5.91. The van der Waals surface area contributed by atoms with E-state index in [1.807, 2.05) is 35.2 Å². The zero-order chi connectivity index (χ0) is 25.4. The van der Waals surface area contributed by atoms with Crippen LogP contribution in [0.1, 0.15) is 51.1 Å². The van der Waals surface area contributed by atoms with Gasteiger partial charge in [0, 0.05) is 40.9 Å². The highest BCUT2D eigenvalue weighted by Crippen LogP contribution is 2.49. The third-order valence-corrected chi connectivity index (χ3v) is 7.69. The van der Waals surface area contributed by atoms with Gasteiger partial charge in [0.05, 0.1) is 30.1 Å². The summed E-state index contributed by atoms with van der Waals surface area (Å²) in [5, 5.41) is 7.56. The van der Waals surface area contributed by atoms with Crippen LogP contribution < -0.4 is 15.5 Å². The van der Waals surface area contributed by atoms with E-state index in [0.717, 1.165) is 42.1 Å². The first kappa shape index (κ1) is 25.1. The van der Waals surface area contributed by atoms with E-state index in [1.54, 1.807) is 12.1 Å². The predicted molar refractivity (Wildman–Crippen MR) is 144 cm³/mol. The first-order valence-electron chi connectivity index (χ1n) is 12.4. The Balaban J connectivity index is 1.60. The van der Waals surface area contributed by atoms with E-state index in [4.69, 9.17) is 27.9 Å². The Morgan fingerprint density at radius 1 is 1.19 bits per heavy atom. The molecule has 1 fully saturated rings. The molecule has 3 aliphatic rings. The molecule has 2 aromatic carbocycles. The van der Waals surface area contributed by atoms with Gasteiger partial charge in [-0.05, 0) is 54.5 Å². The van der Waals surface area contributed by atoms with Gasteiger partial charge in [0.1, 0.15) is 0 Å². The fourth-order valence-corrected chi connectivity index (χ4v) is 6.03. The number of carbonyl (C=O) groups is 2. The number of anilines is 2. The summed E-state index contributed by atoms with van der Waals surface area (Å²) in [6, 6.07) is 12.6. The highest BCUT2D eigenvalue weighted by molar-refractivity contribution is 6.35. The normalized spacial score (nSPS) is 23.0. The van der Waals surface area contributed by atoms with Crippen LogP contribution in [0.2, 0.25) is 10.0 Å². The highest BCUT2D eigenvalue weighted by Gasteiger charge is 2.42. The summed E-state index contributed by atoms with van der Waals surface area (Å²) in [4.78, 5) is 29.0. The van der Waals surface area contributed by atoms with E-state index in [2.05, 4.69) is 24.5 Å². The molecule has 2 N–H and O–H groups in total. The van der Waals surface area contributed by atoms with Gasteiger partial charge in [-0.2, -0.15) is 0 Å². The van der Waals surface area contributed by atoms with Crippen LogP contribution in [0.15, 0.2) is 53.7 Å². The lowest BCUT2D eigenvalue weighted by Gasteiger charge is -2.38. The molecule has 6 nitrogen and oxygen atoms in total. The van der Waals surface area contributed by atoms with Crippen LogP contribution in [0.5, 0.6) is 0 Å². The van der Waals surface area contributed by atoms with Gasteiger partial charge in [-0.15, -0.1) is 0 Å². The van der Waals surface area contributed by atoms with Crippen molar-refractivity contribution in [3.8, 4) is 0 Å². The fraction of sp³-hybridized carbons (Fsp3) is 0.429. The number of ether oxygens (including phenoxy) is 1. The van der Waals surface area contributed by atoms with E-state index in [0.29, 0.717) is 35.0 Å². The summed E-state index contributed by atoms with van der Waals surface area (Å²) in [5.41, 5.74) is 3.78. The van der Waals surface area contributed by atoms with Crippen molar-refractivity contribution in [3.63, 3.8) is 0 Å². The summed E-state index contributed by atoms with van der Waals surface area (Å²) in [7, 11) is 0. The first-order valence-corrected chi connectivity index (χ1v) is 13.2. The largest absolute Gasteiger partial charge is 0.376 e. The Kier molecular flexibility index (Phi) is 7.03. The first-order chi connectivity index (χ1) is 17.2. The van der Waals surface area contributed by atoms with Crippen molar-refractivity contribution in [1.82, 2.24) is 5.32 Å². The maximum absolute atomic E-state index is 13.7. The summed E-state index contributed by atoms with van der Waals surface area (Å²) in [6.45, 7) is 5.47. The minimum atomic E-state index is -0.544. The van der Waals surface area contributed by atoms with Crippen molar-refractivity contribution < 1.29 is 14.3 Å². The lowest BCUT2D eigenvalue weighted by atomic mass is 9.73. The molecule has 1 aliphatic carbocycles. The molecule has 2 atom stereocenters. The zero-order valence-corrected chi connectivity index (χ0v) is 22.1.